The maximum Gasteiger partial charge on any atom is 0.0697 e. The van der Waals surface area contributed by atoms with Gasteiger partial charge in [-0.15, -0.1) is 0 Å². The van der Waals surface area contributed by atoms with Crippen molar-refractivity contribution in [2.75, 3.05) is 0 Å². The monoisotopic (exact) mass is 222 g/mol. The van der Waals surface area contributed by atoms with E-state index in [2.05, 4.69) is 17.6 Å². The topological polar surface area (TPSA) is 30.9 Å². The van der Waals surface area contributed by atoms with E-state index in [1.54, 1.807) is 0 Å². The van der Waals surface area contributed by atoms with Crippen LogP contribution in [0.1, 0.15) is 18.2 Å². The Morgan fingerprint density at radius 2 is 2.13 bits per heavy atom. The number of benzene rings is 1. The van der Waals surface area contributed by atoms with E-state index in [9.17, 15) is 0 Å². The van der Waals surface area contributed by atoms with Gasteiger partial charge in [-0.05, 0) is 18.1 Å². The van der Waals surface area contributed by atoms with E-state index in [4.69, 9.17) is 17.3 Å². The lowest BCUT2D eigenvalue weighted by molar-refractivity contribution is 0.866. The summed E-state index contributed by atoms with van der Waals surface area (Å²) >= 11 is 6.37. The predicted octanol–water partition coefficient (Wildman–Crippen LogP) is 2.85. The Hall–Kier alpha value is -0.990. The third kappa shape index (κ3) is 1.45. The number of fused-ring (bicyclic) bond motifs is 1. The first kappa shape index (κ1) is 10.5. The zero-order chi connectivity index (χ0) is 11.0. The fourth-order valence-corrected chi connectivity index (χ4v) is 2.60. The average Bonchev–Trinajstić information content (AvgIpc) is 2.51. The van der Waals surface area contributed by atoms with Gasteiger partial charge in [0.2, 0.25) is 0 Å². The van der Waals surface area contributed by atoms with Gasteiger partial charge in [0.15, 0.2) is 0 Å². The third-order valence-corrected chi connectivity index (χ3v) is 3.33. The second kappa shape index (κ2) is 3.87. The molecule has 0 aliphatic carbocycles. The van der Waals surface area contributed by atoms with Gasteiger partial charge in [0.25, 0.3) is 0 Å². The molecule has 1 aromatic heterocycles. The summed E-state index contributed by atoms with van der Waals surface area (Å²) in [6.45, 7) is 2.65. The van der Waals surface area contributed by atoms with Crippen LogP contribution in [0.25, 0.3) is 10.9 Å². The number of hydrogen-bond donors (Lipinski definition) is 1. The molecule has 0 saturated carbocycles. The lowest BCUT2D eigenvalue weighted by atomic mass is 10.1. The summed E-state index contributed by atoms with van der Waals surface area (Å²) in [6.07, 6.45) is 0.939. The van der Waals surface area contributed by atoms with Crippen LogP contribution in [-0.2, 0) is 20.0 Å². The minimum atomic E-state index is 0.532. The summed E-state index contributed by atoms with van der Waals surface area (Å²) < 4.78 is 2.15. The molecule has 3 heteroatoms. The van der Waals surface area contributed by atoms with Crippen LogP contribution in [0.5, 0.6) is 0 Å². The second-order valence-corrected chi connectivity index (χ2v) is 4.07. The van der Waals surface area contributed by atoms with Gasteiger partial charge in [0.1, 0.15) is 0 Å². The van der Waals surface area contributed by atoms with Gasteiger partial charge in [-0.2, -0.15) is 0 Å². The molecule has 1 heterocycles. The molecule has 0 fully saturated rings. The molecule has 0 bridgehead atoms. The molecule has 0 atom stereocenters. The van der Waals surface area contributed by atoms with Crippen molar-refractivity contribution in [1.82, 2.24) is 4.57 Å². The smallest absolute Gasteiger partial charge is 0.0697 e. The number of nitrogens with two attached hydrogens (primary N) is 1. The zero-order valence-corrected chi connectivity index (χ0v) is 9.80. The lowest BCUT2D eigenvalue weighted by Gasteiger charge is -2.01. The fourth-order valence-electron chi connectivity index (χ4n) is 2.12. The van der Waals surface area contributed by atoms with E-state index >= 15 is 0 Å². The van der Waals surface area contributed by atoms with Crippen LogP contribution in [0.2, 0.25) is 5.02 Å². The molecule has 0 radical (unpaired) electrons. The minimum Gasteiger partial charge on any atom is -0.346 e. The minimum absolute atomic E-state index is 0.532. The molecule has 2 aromatic rings. The van der Waals surface area contributed by atoms with E-state index in [1.165, 1.54) is 11.2 Å². The molecule has 2 nitrogen and oxygen atoms in total. The van der Waals surface area contributed by atoms with E-state index in [0.29, 0.717) is 6.54 Å². The molecule has 0 aliphatic rings. The lowest BCUT2D eigenvalue weighted by Crippen LogP contribution is -1.97. The molecular formula is C12H15ClN2. The van der Waals surface area contributed by atoms with Gasteiger partial charge >= 0.3 is 0 Å². The first-order valence-electron chi connectivity index (χ1n) is 5.15. The molecule has 0 spiro atoms. The van der Waals surface area contributed by atoms with Gasteiger partial charge < -0.3 is 10.3 Å². The predicted molar refractivity (Wildman–Crippen MR) is 65.2 cm³/mol. The van der Waals surface area contributed by atoms with E-state index in [0.717, 1.165) is 22.4 Å². The molecule has 15 heavy (non-hydrogen) atoms. The third-order valence-electron chi connectivity index (χ3n) is 2.92. The Morgan fingerprint density at radius 3 is 2.73 bits per heavy atom. The summed E-state index contributed by atoms with van der Waals surface area (Å²) in [5.41, 5.74) is 9.18. The largest absolute Gasteiger partial charge is 0.346 e. The maximum absolute atomic E-state index is 6.37. The first-order chi connectivity index (χ1) is 7.20. The van der Waals surface area contributed by atoms with Crippen molar-refractivity contribution in [3.05, 3.63) is 34.5 Å². The fraction of sp³-hybridized carbons (Fsp3) is 0.333. The highest BCUT2D eigenvalue weighted by atomic mass is 35.5. The van der Waals surface area contributed by atoms with Gasteiger partial charge in [-0.1, -0.05) is 30.7 Å². The Bertz CT molecular complexity index is 500. The van der Waals surface area contributed by atoms with Gasteiger partial charge in [-0.25, -0.2) is 0 Å². The van der Waals surface area contributed by atoms with Crippen LogP contribution < -0.4 is 5.73 Å². The van der Waals surface area contributed by atoms with Crippen LogP contribution >= 0.6 is 11.6 Å². The van der Waals surface area contributed by atoms with Crippen molar-refractivity contribution >= 4 is 22.5 Å². The zero-order valence-electron chi connectivity index (χ0n) is 9.05. The highest BCUT2D eigenvalue weighted by Gasteiger charge is 2.13. The van der Waals surface area contributed by atoms with Crippen LogP contribution in [0.15, 0.2) is 18.2 Å². The van der Waals surface area contributed by atoms with E-state index in [1.807, 2.05) is 19.2 Å². The molecule has 0 amide bonds. The van der Waals surface area contributed by atoms with Crippen LogP contribution in [0.3, 0.4) is 0 Å². The molecule has 0 saturated heterocycles. The van der Waals surface area contributed by atoms with Crippen molar-refractivity contribution in [3.63, 3.8) is 0 Å². The standard InChI is InChI=1S/C12H15ClN2/c1-3-9-12(13)11-8(7-14)5-4-6-10(11)15(9)2/h4-6H,3,7,14H2,1-2H3. The summed E-state index contributed by atoms with van der Waals surface area (Å²) in [5, 5.41) is 1.97. The number of rotatable bonds is 2. The van der Waals surface area contributed by atoms with Crippen LogP contribution in [0.4, 0.5) is 0 Å². The first-order valence-corrected chi connectivity index (χ1v) is 5.53. The summed E-state index contributed by atoms with van der Waals surface area (Å²) in [7, 11) is 2.05. The van der Waals surface area contributed by atoms with Gasteiger partial charge in [0.05, 0.1) is 5.02 Å². The Labute approximate surface area is 94.6 Å². The summed E-state index contributed by atoms with van der Waals surface area (Å²) in [6, 6.07) is 6.15. The normalized spacial score (nSPS) is 11.2. The number of aromatic nitrogens is 1. The van der Waals surface area contributed by atoms with Crippen molar-refractivity contribution < 1.29 is 0 Å². The van der Waals surface area contributed by atoms with Crippen LogP contribution in [0, 0.1) is 0 Å². The molecule has 80 valence electrons. The molecule has 1 aromatic carbocycles. The molecule has 0 unspecified atom stereocenters. The average molecular weight is 223 g/mol. The SMILES string of the molecule is CCc1c(Cl)c2c(CN)cccc2n1C. The highest BCUT2D eigenvalue weighted by Crippen LogP contribution is 2.32. The van der Waals surface area contributed by atoms with E-state index < -0.39 is 0 Å². The Kier molecular flexibility index (Phi) is 2.72. The summed E-state index contributed by atoms with van der Waals surface area (Å²) in [4.78, 5) is 0. The summed E-state index contributed by atoms with van der Waals surface area (Å²) in [5.74, 6) is 0. The van der Waals surface area contributed by atoms with Crippen LogP contribution in [-0.4, -0.2) is 4.57 Å². The maximum atomic E-state index is 6.37. The number of hydrogen-bond acceptors (Lipinski definition) is 1. The van der Waals surface area contributed by atoms with Crippen molar-refractivity contribution in [1.29, 1.82) is 0 Å². The molecule has 0 aliphatic heterocycles. The molecule has 2 N–H and O–H groups in total. The van der Waals surface area contributed by atoms with Gasteiger partial charge in [-0.3, -0.25) is 0 Å². The van der Waals surface area contributed by atoms with Crippen molar-refractivity contribution in [2.45, 2.75) is 19.9 Å². The number of nitrogens with zero attached hydrogens (tertiary/aromatic N) is 1. The Morgan fingerprint density at radius 1 is 1.40 bits per heavy atom. The second-order valence-electron chi connectivity index (χ2n) is 3.69. The quantitative estimate of drug-likeness (QED) is 0.833. The van der Waals surface area contributed by atoms with E-state index in [-0.39, 0.29) is 0 Å². The number of aryl methyl sites for hydroxylation is 1. The molecule has 2 rings (SSSR count). The highest BCUT2D eigenvalue weighted by molar-refractivity contribution is 6.36. The van der Waals surface area contributed by atoms with Crippen molar-refractivity contribution in [3.8, 4) is 0 Å². The molecular weight excluding hydrogens is 208 g/mol. The van der Waals surface area contributed by atoms with Gasteiger partial charge in [0, 0.05) is 30.2 Å². The Balaban J connectivity index is 2.88. The van der Waals surface area contributed by atoms with Crippen molar-refractivity contribution in [2.24, 2.45) is 12.8 Å². The number of halogens is 1.